The first-order chi connectivity index (χ1) is 12.2. The van der Waals surface area contributed by atoms with Crippen molar-refractivity contribution >= 4 is 5.97 Å². The quantitative estimate of drug-likeness (QED) is 0.204. The molecule has 0 saturated carbocycles. The summed E-state index contributed by atoms with van der Waals surface area (Å²) in [6.07, 6.45) is 15.1. The summed E-state index contributed by atoms with van der Waals surface area (Å²) in [5, 5.41) is 0. The first-order valence-electron chi connectivity index (χ1n) is 9.93. The molecular weight excluding hydrogens is 312 g/mol. The van der Waals surface area contributed by atoms with Crippen molar-refractivity contribution in [1.82, 2.24) is 0 Å². The van der Waals surface area contributed by atoms with Crippen molar-refractivity contribution in [2.24, 2.45) is 0 Å². The number of unbranched alkanes of at least 4 members (excludes halogenated alkanes) is 11. The first kappa shape index (κ1) is 21.7. The van der Waals surface area contributed by atoms with Crippen LogP contribution in [0, 0.1) is 13.8 Å². The van der Waals surface area contributed by atoms with Crippen LogP contribution < -0.4 is 0 Å². The summed E-state index contributed by atoms with van der Waals surface area (Å²) in [5.74, 6) is -0.418. The molecule has 141 valence electrons. The van der Waals surface area contributed by atoms with Crippen molar-refractivity contribution in [1.29, 1.82) is 0 Å². The molecule has 0 amide bonds. The Labute approximate surface area is 154 Å². The molecule has 0 spiro atoms. The third kappa shape index (κ3) is 11.8. The maximum absolute atomic E-state index is 11.8. The van der Waals surface area contributed by atoms with Gasteiger partial charge in [0.2, 0.25) is 0 Å². The van der Waals surface area contributed by atoms with Gasteiger partial charge in [-0.1, -0.05) is 95.2 Å². The van der Waals surface area contributed by atoms with E-state index in [1.807, 2.05) is 19.1 Å². The molecule has 0 aliphatic carbocycles. The van der Waals surface area contributed by atoms with Gasteiger partial charge >= 0.3 is 5.97 Å². The van der Waals surface area contributed by atoms with E-state index in [1.165, 1.54) is 57.8 Å². The SMILES string of the molecule is [CH2]CCCCCCCCCCCCCOOC(=O)c1cccc(C)c1. The lowest BCUT2D eigenvalue weighted by Gasteiger charge is -2.05. The maximum atomic E-state index is 11.8. The van der Waals surface area contributed by atoms with E-state index in [4.69, 9.17) is 9.78 Å². The van der Waals surface area contributed by atoms with E-state index in [0.717, 1.165) is 24.8 Å². The predicted octanol–water partition coefficient (Wildman–Crippen LogP) is 6.60. The van der Waals surface area contributed by atoms with Crippen LogP contribution in [0.2, 0.25) is 0 Å². The number of hydrogen-bond donors (Lipinski definition) is 0. The molecule has 1 radical (unpaired) electrons. The monoisotopic (exact) mass is 347 g/mol. The molecule has 0 aliphatic rings. The fraction of sp³-hybridized carbons (Fsp3) is 0.636. The second kappa shape index (κ2) is 14.9. The van der Waals surface area contributed by atoms with Crippen molar-refractivity contribution in [3.63, 3.8) is 0 Å². The van der Waals surface area contributed by atoms with Gasteiger partial charge in [-0.3, -0.25) is 4.89 Å². The molecule has 25 heavy (non-hydrogen) atoms. The Morgan fingerprint density at radius 1 is 0.880 bits per heavy atom. The number of rotatable bonds is 15. The molecule has 3 nitrogen and oxygen atoms in total. The largest absolute Gasteiger partial charge is 0.373 e. The van der Waals surface area contributed by atoms with Gasteiger partial charge in [-0.2, -0.15) is 4.89 Å². The smallest absolute Gasteiger partial charge is 0.293 e. The second-order valence-corrected chi connectivity index (χ2v) is 6.80. The lowest BCUT2D eigenvalue weighted by Crippen LogP contribution is -2.07. The third-order valence-corrected chi connectivity index (χ3v) is 4.37. The van der Waals surface area contributed by atoms with Crippen molar-refractivity contribution in [3.8, 4) is 0 Å². The lowest BCUT2D eigenvalue weighted by molar-refractivity contribution is -0.241. The zero-order chi connectivity index (χ0) is 18.2. The fourth-order valence-corrected chi connectivity index (χ4v) is 2.84. The van der Waals surface area contributed by atoms with Gasteiger partial charge < -0.3 is 0 Å². The summed E-state index contributed by atoms with van der Waals surface area (Å²) < 4.78 is 0. The molecule has 0 aliphatic heterocycles. The molecule has 0 bridgehead atoms. The molecular formula is C22H35O3. The van der Waals surface area contributed by atoms with Crippen LogP contribution in [0.1, 0.15) is 93.0 Å². The van der Waals surface area contributed by atoms with Crippen LogP contribution in [0.5, 0.6) is 0 Å². The van der Waals surface area contributed by atoms with E-state index >= 15 is 0 Å². The Morgan fingerprint density at radius 2 is 1.44 bits per heavy atom. The van der Waals surface area contributed by atoms with Gasteiger partial charge in [0, 0.05) is 0 Å². The summed E-state index contributed by atoms with van der Waals surface area (Å²) in [6.45, 7) is 6.29. The average molecular weight is 348 g/mol. The van der Waals surface area contributed by atoms with Crippen LogP contribution in [0.15, 0.2) is 24.3 Å². The predicted molar refractivity (Wildman–Crippen MR) is 103 cm³/mol. The van der Waals surface area contributed by atoms with Crippen molar-refractivity contribution in [3.05, 3.63) is 42.3 Å². The number of aryl methyl sites for hydroxylation is 1. The third-order valence-electron chi connectivity index (χ3n) is 4.37. The van der Waals surface area contributed by atoms with Gasteiger partial charge in [-0.05, 0) is 25.5 Å². The fourth-order valence-electron chi connectivity index (χ4n) is 2.84. The zero-order valence-electron chi connectivity index (χ0n) is 15.9. The maximum Gasteiger partial charge on any atom is 0.373 e. The highest BCUT2D eigenvalue weighted by Crippen LogP contribution is 2.12. The summed E-state index contributed by atoms with van der Waals surface area (Å²) >= 11 is 0. The van der Waals surface area contributed by atoms with Gasteiger partial charge in [-0.25, -0.2) is 4.79 Å². The minimum atomic E-state index is -0.418. The number of carbonyl (C=O) groups excluding carboxylic acids is 1. The zero-order valence-corrected chi connectivity index (χ0v) is 15.9. The van der Waals surface area contributed by atoms with Gasteiger partial charge in [0.1, 0.15) is 0 Å². The standard InChI is InChI=1S/C22H35O3/c1-3-4-5-6-7-8-9-10-11-12-13-14-18-24-25-22(23)21-17-15-16-20(2)19-21/h15-17,19H,1,3-14,18H2,2H3. The first-order valence-corrected chi connectivity index (χ1v) is 9.93. The number of hydrogen-bond acceptors (Lipinski definition) is 3. The Kier molecular flexibility index (Phi) is 13.0. The van der Waals surface area contributed by atoms with Gasteiger partial charge in [0.15, 0.2) is 0 Å². The Hall–Kier alpha value is -1.35. The Balaban J connectivity index is 1.85. The van der Waals surface area contributed by atoms with Crippen LogP contribution in [0.25, 0.3) is 0 Å². The van der Waals surface area contributed by atoms with Crippen molar-refractivity contribution in [2.45, 2.75) is 84.0 Å². The van der Waals surface area contributed by atoms with Crippen LogP contribution in [0.3, 0.4) is 0 Å². The van der Waals surface area contributed by atoms with Gasteiger partial charge in [-0.15, -0.1) is 0 Å². The van der Waals surface area contributed by atoms with Crippen LogP contribution in [-0.4, -0.2) is 12.6 Å². The van der Waals surface area contributed by atoms with Crippen molar-refractivity contribution in [2.75, 3.05) is 6.61 Å². The highest BCUT2D eigenvalue weighted by atomic mass is 17.2. The van der Waals surface area contributed by atoms with Gasteiger partial charge in [0.25, 0.3) is 0 Å². The molecule has 1 aromatic rings. The molecule has 0 N–H and O–H groups in total. The summed E-state index contributed by atoms with van der Waals surface area (Å²) in [7, 11) is 0. The summed E-state index contributed by atoms with van der Waals surface area (Å²) in [4.78, 5) is 21.6. The summed E-state index contributed by atoms with van der Waals surface area (Å²) in [6, 6.07) is 7.32. The molecule has 1 aromatic carbocycles. The molecule has 0 heterocycles. The van der Waals surface area contributed by atoms with Crippen LogP contribution in [-0.2, 0) is 9.78 Å². The average Bonchev–Trinajstić information content (AvgIpc) is 2.62. The molecule has 0 atom stereocenters. The van der Waals surface area contributed by atoms with Gasteiger partial charge in [0.05, 0.1) is 12.2 Å². The molecule has 0 unspecified atom stereocenters. The molecule has 3 heteroatoms. The molecule has 1 rings (SSSR count). The van der Waals surface area contributed by atoms with E-state index in [0.29, 0.717) is 12.2 Å². The lowest BCUT2D eigenvalue weighted by atomic mass is 10.1. The number of benzene rings is 1. The van der Waals surface area contributed by atoms with E-state index in [9.17, 15) is 4.79 Å². The normalized spacial score (nSPS) is 10.8. The van der Waals surface area contributed by atoms with Crippen LogP contribution >= 0.6 is 0 Å². The Morgan fingerprint density at radius 3 is 2.00 bits per heavy atom. The minimum absolute atomic E-state index is 0.418. The number of carbonyl (C=O) groups is 1. The van der Waals surface area contributed by atoms with E-state index in [1.54, 1.807) is 12.1 Å². The minimum Gasteiger partial charge on any atom is -0.293 e. The highest BCUT2D eigenvalue weighted by molar-refractivity contribution is 5.89. The highest BCUT2D eigenvalue weighted by Gasteiger charge is 2.07. The molecule has 0 fully saturated rings. The summed E-state index contributed by atoms with van der Waals surface area (Å²) in [5.41, 5.74) is 1.57. The van der Waals surface area contributed by atoms with Crippen molar-refractivity contribution < 1.29 is 14.6 Å². The molecule has 0 saturated heterocycles. The topological polar surface area (TPSA) is 35.5 Å². The Bertz CT molecular complexity index is 456. The van der Waals surface area contributed by atoms with E-state index < -0.39 is 5.97 Å². The van der Waals surface area contributed by atoms with E-state index in [2.05, 4.69) is 6.92 Å². The van der Waals surface area contributed by atoms with Crippen LogP contribution in [0.4, 0.5) is 0 Å². The second-order valence-electron chi connectivity index (χ2n) is 6.80. The van der Waals surface area contributed by atoms with E-state index in [-0.39, 0.29) is 0 Å². The molecule has 0 aromatic heterocycles.